The predicted octanol–water partition coefficient (Wildman–Crippen LogP) is 0.938. The number of anilines is 2. The zero-order valence-electron chi connectivity index (χ0n) is 11.9. The molecule has 0 aliphatic carbocycles. The number of benzene rings is 1. The average Bonchev–Trinajstić information content (AvgIpc) is 2.48. The Labute approximate surface area is 138 Å². The highest BCUT2D eigenvalue weighted by atomic mass is 32.1. The Kier molecular flexibility index (Phi) is 6.99. The van der Waals surface area contributed by atoms with Gasteiger partial charge in [0.15, 0.2) is 10.2 Å². The fraction of sp³-hybridized carbons (Fsp3) is 0.167. The Morgan fingerprint density at radius 3 is 1.50 bits per heavy atom. The molecule has 0 fully saturated rings. The number of urea groups is 2. The van der Waals surface area contributed by atoms with Crippen LogP contribution in [0.4, 0.5) is 21.0 Å². The Morgan fingerprint density at radius 2 is 1.18 bits per heavy atom. The van der Waals surface area contributed by atoms with Gasteiger partial charge in [0.1, 0.15) is 0 Å². The zero-order chi connectivity index (χ0) is 16.5. The minimum atomic E-state index is -0.431. The molecule has 0 bridgehead atoms. The third-order valence-corrected chi connectivity index (χ3v) is 2.74. The number of nitrogens with one attached hydrogen (secondary N) is 6. The van der Waals surface area contributed by atoms with E-state index >= 15 is 0 Å². The van der Waals surface area contributed by atoms with Gasteiger partial charge in [-0.05, 0) is 36.6 Å². The molecule has 10 heteroatoms. The molecule has 0 radical (unpaired) electrons. The van der Waals surface area contributed by atoms with E-state index in [0.717, 1.165) is 0 Å². The highest BCUT2D eigenvalue weighted by molar-refractivity contribution is 7.80. The van der Waals surface area contributed by atoms with Crippen molar-refractivity contribution >= 4 is 58.1 Å². The second kappa shape index (κ2) is 8.74. The molecule has 8 nitrogen and oxygen atoms in total. The Morgan fingerprint density at radius 1 is 0.818 bits per heavy atom. The Balaban J connectivity index is 2.73. The van der Waals surface area contributed by atoms with Crippen LogP contribution in [-0.2, 0) is 0 Å². The molecule has 0 saturated carbocycles. The summed E-state index contributed by atoms with van der Waals surface area (Å²) in [7, 11) is 2.96. The van der Waals surface area contributed by atoms with Crippen molar-refractivity contribution in [1.29, 1.82) is 0 Å². The number of amides is 4. The number of rotatable bonds is 2. The van der Waals surface area contributed by atoms with E-state index in [-0.39, 0.29) is 10.2 Å². The minimum absolute atomic E-state index is 0.124. The van der Waals surface area contributed by atoms with Crippen molar-refractivity contribution in [2.45, 2.75) is 0 Å². The van der Waals surface area contributed by atoms with Crippen molar-refractivity contribution in [2.24, 2.45) is 0 Å². The highest BCUT2D eigenvalue weighted by Gasteiger charge is 2.08. The van der Waals surface area contributed by atoms with Gasteiger partial charge in [0.25, 0.3) is 0 Å². The van der Waals surface area contributed by atoms with E-state index in [1.807, 2.05) is 0 Å². The summed E-state index contributed by atoms with van der Waals surface area (Å²) < 4.78 is 0. The number of hydrogen-bond donors (Lipinski definition) is 6. The maximum absolute atomic E-state index is 11.2. The molecule has 0 unspecified atom stereocenters. The molecule has 0 heterocycles. The highest BCUT2D eigenvalue weighted by Crippen LogP contribution is 2.20. The lowest BCUT2D eigenvalue weighted by atomic mass is 10.2. The van der Waals surface area contributed by atoms with Crippen LogP contribution >= 0.6 is 24.4 Å². The topological polar surface area (TPSA) is 106 Å². The van der Waals surface area contributed by atoms with Crippen molar-refractivity contribution in [3.63, 3.8) is 0 Å². The smallest absolute Gasteiger partial charge is 0.320 e. The summed E-state index contributed by atoms with van der Waals surface area (Å²) in [6.07, 6.45) is 0. The lowest BCUT2D eigenvalue weighted by Crippen LogP contribution is -2.41. The summed E-state index contributed by atoms with van der Waals surface area (Å²) >= 11 is 10.0. The van der Waals surface area contributed by atoms with E-state index < -0.39 is 12.1 Å². The first-order valence-electron chi connectivity index (χ1n) is 6.14. The molecule has 0 aromatic heterocycles. The third-order valence-electron chi connectivity index (χ3n) is 2.33. The van der Waals surface area contributed by atoms with Crippen LogP contribution in [-0.4, -0.2) is 36.4 Å². The van der Waals surface area contributed by atoms with Crippen LogP contribution < -0.4 is 31.9 Å². The van der Waals surface area contributed by atoms with Gasteiger partial charge in [-0.1, -0.05) is 12.1 Å². The van der Waals surface area contributed by atoms with Gasteiger partial charge < -0.3 is 21.3 Å². The van der Waals surface area contributed by atoms with E-state index in [2.05, 4.69) is 31.9 Å². The summed E-state index contributed by atoms with van der Waals surface area (Å²) in [6, 6.07) is 6.18. The maximum Gasteiger partial charge on any atom is 0.320 e. The van der Waals surface area contributed by atoms with Crippen molar-refractivity contribution < 1.29 is 9.59 Å². The molecular weight excluding hydrogens is 324 g/mol. The van der Waals surface area contributed by atoms with Crippen molar-refractivity contribution in [1.82, 2.24) is 21.3 Å². The molecule has 0 aliphatic rings. The second-order valence-corrected chi connectivity index (χ2v) is 4.68. The summed E-state index contributed by atoms with van der Waals surface area (Å²) in [4.78, 5) is 22.4. The normalized spacial score (nSPS) is 9.18. The van der Waals surface area contributed by atoms with Gasteiger partial charge in [0.2, 0.25) is 0 Å². The maximum atomic E-state index is 11.2. The zero-order valence-corrected chi connectivity index (χ0v) is 13.6. The molecule has 6 N–H and O–H groups in total. The van der Waals surface area contributed by atoms with Gasteiger partial charge in [-0.25, -0.2) is 9.59 Å². The molecule has 0 atom stereocenters. The number of thiocarbonyl (C=S) groups is 2. The Hall–Kier alpha value is -2.46. The molecule has 4 amide bonds. The summed E-state index contributed by atoms with van der Waals surface area (Å²) in [6.45, 7) is 0. The number of carbonyl (C=O) groups excluding carboxylic acids is 2. The van der Waals surface area contributed by atoms with Crippen LogP contribution in [0.25, 0.3) is 0 Å². The van der Waals surface area contributed by atoms with Crippen LogP contribution in [0.5, 0.6) is 0 Å². The molecule has 22 heavy (non-hydrogen) atoms. The van der Waals surface area contributed by atoms with Gasteiger partial charge in [0, 0.05) is 14.1 Å². The predicted molar refractivity (Wildman–Crippen MR) is 94.1 cm³/mol. The third kappa shape index (κ3) is 5.89. The molecule has 118 valence electrons. The summed E-state index contributed by atoms with van der Waals surface area (Å²) in [5, 5.41) is 15.6. The SMILES string of the molecule is CNC(=O)NC(=S)Nc1ccccc1NC(=S)NC(=O)NC. The van der Waals surface area contributed by atoms with Crippen molar-refractivity contribution in [2.75, 3.05) is 24.7 Å². The van der Waals surface area contributed by atoms with E-state index in [1.165, 1.54) is 14.1 Å². The van der Waals surface area contributed by atoms with Crippen LogP contribution in [0.1, 0.15) is 0 Å². The minimum Gasteiger partial charge on any atom is -0.341 e. The van der Waals surface area contributed by atoms with E-state index in [1.54, 1.807) is 24.3 Å². The van der Waals surface area contributed by atoms with E-state index in [9.17, 15) is 9.59 Å². The molecular formula is C12H16N6O2S2. The molecule has 1 aromatic rings. The quantitative estimate of drug-likeness (QED) is 0.448. The lowest BCUT2D eigenvalue weighted by molar-refractivity contribution is 0.246. The van der Waals surface area contributed by atoms with E-state index in [0.29, 0.717) is 11.4 Å². The number of carbonyl (C=O) groups is 2. The monoisotopic (exact) mass is 340 g/mol. The van der Waals surface area contributed by atoms with Crippen LogP contribution in [0.3, 0.4) is 0 Å². The average molecular weight is 340 g/mol. The van der Waals surface area contributed by atoms with Crippen LogP contribution in [0, 0.1) is 0 Å². The molecule has 0 spiro atoms. The first kappa shape index (κ1) is 17.6. The van der Waals surface area contributed by atoms with Crippen molar-refractivity contribution in [3.8, 4) is 0 Å². The summed E-state index contributed by atoms with van der Waals surface area (Å²) in [5.41, 5.74) is 1.18. The largest absolute Gasteiger partial charge is 0.341 e. The Bertz CT molecular complexity index is 542. The van der Waals surface area contributed by atoms with Gasteiger partial charge in [-0.2, -0.15) is 0 Å². The standard InChI is InChI=1S/C12H16N6O2S2/c1-13-9(19)17-11(21)15-7-5-3-4-6-8(7)16-12(22)18-10(20)14-2/h3-6H,1-2H3,(H3,13,15,17,19,21)(H3,14,16,18,20,22). The first-order chi connectivity index (χ1) is 10.5. The first-order valence-corrected chi connectivity index (χ1v) is 6.96. The van der Waals surface area contributed by atoms with Gasteiger partial charge >= 0.3 is 12.1 Å². The number of hydrogen-bond acceptors (Lipinski definition) is 4. The van der Waals surface area contributed by atoms with Crippen molar-refractivity contribution in [3.05, 3.63) is 24.3 Å². The van der Waals surface area contributed by atoms with Crippen LogP contribution in [0.15, 0.2) is 24.3 Å². The second-order valence-electron chi connectivity index (χ2n) is 3.86. The summed E-state index contributed by atoms with van der Waals surface area (Å²) in [5.74, 6) is 0. The fourth-order valence-electron chi connectivity index (χ4n) is 1.34. The molecule has 0 saturated heterocycles. The van der Waals surface area contributed by atoms with E-state index in [4.69, 9.17) is 24.4 Å². The van der Waals surface area contributed by atoms with Gasteiger partial charge in [0.05, 0.1) is 11.4 Å². The van der Waals surface area contributed by atoms with Gasteiger partial charge in [-0.3, -0.25) is 10.6 Å². The molecule has 1 rings (SSSR count). The fourth-order valence-corrected chi connectivity index (χ4v) is 1.74. The number of para-hydroxylation sites is 2. The van der Waals surface area contributed by atoms with Gasteiger partial charge in [-0.15, -0.1) is 0 Å². The lowest BCUT2D eigenvalue weighted by Gasteiger charge is -2.15. The molecule has 1 aromatic carbocycles. The van der Waals surface area contributed by atoms with Crippen LogP contribution in [0.2, 0.25) is 0 Å². The molecule has 0 aliphatic heterocycles.